The SMILES string of the molecule is C=CCn1c(SCC(=O)c2ccc3c(c2)OCO3)nc2ccccc21. The van der Waals surface area contributed by atoms with Crippen molar-refractivity contribution in [3.8, 4) is 11.5 Å². The summed E-state index contributed by atoms with van der Waals surface area (Å²) in [6.45, 7) is 4.66. The molecule has 1 aromatic heterocycles. The molecular formula is C19H16N2O3S. The molecule has 0 unspecified atom stereocenters. The zero-order valence-corrected chi connectivity index (χ0v) is 14.3. The fourth-order valence-corrected chi connectivity index (χ4v) is 3.67. The van der Waals surface area contributed by atoms with Gasteiger partial charge in [0, 0.05) is 12.1 Å². The van der Waals surface area contributed by atoms with Crippen LogP contribution in [0, 0.1) is 0 Å². The van der Waals surface area contributed by atoms with Crippen molar-refractivity contribution in [2.24, 2.45) is 0 Å². The average Bonchev–Trinajstić information content (AvgIpc) is 3.24. The Morgan fingerprint density at radius 2 is 2.08 bits per heavy atom. The first-order valence-corrected chi connectivity index (χ1v) is 8.86. The van der Waals surface area contributed by atoms with Gasteiger partial charge in [-0.1, -0.05) is 30.0 Å². The number of fused-ring (bicyclic) bond motifs is 2. The number of thioether (sulfide) groups is 1. The number of hydrogen-bond donors (Lipinski definition) is 0. The van der Waals surface area contributed by atoms with Crippen molar-refractivity contribution in [1.29, 1.82) is 0 Å². The summed E-state index contributed by atoms with van der Waals surface area (Å²) in [5.74, 6) is 1.63. The summed E-state index contributed by atoms with van der Waals surface area (Å²) in [5, 5.41) is 0.815. The third-order valence-electron chi connectivity index (χ3n) is 3.96. The van der Waals surface area contributed by atoms with Gasteiger partial charge >= 0.3 is 0 Å². The second-order valence-corrected chi connectivity index (χ2v) is 6.50. The van der Waals surface area contributed by atoms with Gasteiger partial charge in [-0.2, -0.15) is 0 Å². The van der Waals surface area contributed by atoms with E-state index in [0.717, 1.165) is 16.2 Å². The van der Waals surface area contributed by atoms with Gasteiger partial charge in [0.05, 0.1) is 16.8 Å². The van der Waals surface area contributed by atoms with E-state index in [1.165, 1.54) is 11.8 Å². The van der Waals surface area contributed by atoms with Gasteiger partial charge in [-0.15, -0.1) is 6.58 Å². The summed E-state index contributed by atoms with van der Waals surface area (Å²) in [4.78, 5) is 17.2. The Balaban J connectivity index is 1.54. The predicted octanol–water partition coefficient (Wildman–Crippen LogP) is 3.93. The Hall–Kier alpha value is -2.73. The highest BCUT2D eigenvalue weighted by molar-refractivity contribution is 7.99. The van der Waals surface area contributed by atoms with Gasteiger partial charge in [0.15, 0.2) is 22.4 Å². The van der Waals surface area contributed by atoms with Crippen LogP contribution in [0.25, 0.3) is 11.0 Å². The number of nitrogens with zero attached hydrogens (tertiary/aromatic N) is 2. The number of carbonyl (C=O) groups is 1. The monoisotopic (exact) mass is 352 g/mol. The molecule has 0 bridgehead atoms. The summed E-state index contributed by atoms with van der Waals surface area (Å²) >= 11 is 1.43. The van der Waals surface area contributed by atoms with Crippen LogP contribution in [0.15, 0.2) is 60.3 Å². The topological polar surface area (TPSA) is 53.4 Å². The van der Waals surface area contributed by atoms with Gasteiger partial charge in [-0.25, -0.2) is 4.98 Å². The maximum absolute atomic E-state index is 12.5. The average molecular weight is 352 g/mol. The minimum Gasteiger partial charge on any atom is -0.454 e. The molecule has 4 rings (SSSR count). The van der Waals surface area contributed by atoms with Crippen LogP contribution in [0.1, 0.15) is 10.4 Å². The summed E-state index contributed by atoms with van der Waals surface area (Å²) in [5.41, 5.74) is 2.57. The Morgan fingerprint density at radius 1 is 1.24 bits per heavy atom. The minimum atomic E-state index is 0.0282. The van der Waals surface area contributed by atoms with E-state index >= 15 is 0 Å². The van der Waals surface area contributed by atoms with E-state index in [0.29, 0.717) is 29.4 Å². The standard InChI is InChI=1S/C19H16N2O3S/c1-2-9-21-15-6-4-3-5-14(15)20-19(21)25-11-16(22)13-7-8-17-18(10-13)24-12-23-17/h2-8,10H,1,9,11-12H2. The molecule has 0 amide bonds. The van der Waals surface area contributed by atoms with E-state index in [1.807, 2.05) is 30.3 Å². The molecule has 0 saturated heterocycles. The summed E-state index contributed by atoms with van der Waals surface area (Å²) in [6, 6.07) is 13.2. The lowest BCUT2D eigenvalue weighted by Crippen LogP contribution is -2.04. The minimum absolute atomic E-state index is 0.0282. The van der Waals surface area contributed by atoms with E-state index in [2.05, 4.69) is 16.1 Å². The third-order valence-corrected chi connectivity index (χ3v) is 4.93. The van der Waals surface area contributed by atoms with Crippen molar-refractivity contribution in [1.82, 2.24) is 9.55 Å². The molecule has 0 N–H and O–H groups in total. The lowest BCUT2D eigenvalue weighted by Gasteiger charge is -2.06. The highest BCUT2D eigenvalue weighted by atomic mass is 32.2. The number of hydrogen-bond acceptors (Lipinski definition) is 5. The number of rotatable bonds is 6. The first-order valence-electron chi connectivity index (χ1n) is 7.88. The maximum atomic E-state index is 12.5. The summed E-state index contributed by atoms with van der Waals surface area (Å²) in [6.07, 6.45) is 1.83. The van der Waals surface area contributed by atoms with Crippen LogP contribution in [-0.4, -0.2) is 27.9 Å². The molecule has 2 heterocycles. The van der Waals surface area contributed by atoms with E-state index in [9.17, 15) is 4.79 Å². The number of para-hydroxylation sites is 2. The number of imidazole rings is 1. The van der Waals surface area contributed by atoms with Crippen LogP contribution in [0.2, 0.25) is 0 Å². The largest absolute Gasteiger partial charge is 0.454 e. The first kappa shape index (κ1) is 15.8. The Labute approximate surface area is 149 Å². The highest BCUT2D eigenvalue weighted by Crippen LogP contribution is 2.33. The number of carbonyl (C=O) groups excluding carboxylic acids is 1. The number of ketones is 1. The van der Waals surface area contributed by atoms with Crippen LogP contribution in [0.3, 0.4) is 0 Å². The lowest BCUT2D eigenvalue weighted by atomic mass is 10.1. The molecule has 126 valence electrons. The molecule has 0 atom stereocenters. The van der Waals surface area contributed by atoms with Crippen LogP contribution >= 0.6 is 11.8 Å². The molecule has 3 aromatic rings. The third kappa shape index (κ3) is 3.00. The normalized spacial score (nSPS) is 12.5. The number of ether oxygens (including phenoxy) is 2. The summed E-state index contributed by atoms with van der Waals surface area (Å²) < 4.78 is 12.7. The quantitative estimate of drug-likeness (QED) is 0.382. The zero-order valence-electron chi connectivity index (χ0n) is 13.5. The van der Waals surface area contributed by atoms with Crippen molar-refractivity contribution in [3.63, 3.8) is 0 Å². The molecule has 1 aliphatic rings. The molecule has 1 aliphatic heterocycles. The predicted molar refractivity (Wildman–Crippen MR) is 97.5 cm³/mol. The molecule has 0 radical (unpaired) electrons. The van der Waals surface area contributed by atoms with Crippen LogP contribution in [0.4, 0.5) is 0 Å². The van der Waals surface area contributed by atoms with Crippen molar-refractivity contribution < 1.29 is 14.3 Å². The van der Waals surface area contributed by atoms with Crippen LogP contribution < -0.4 is 9.47 Å². The first-order chi connectivity index (χ1) is 12.3. The fourth-order valence-electron chi connectivity index (χ4n) is 2.75. The highest BCUT2D eigenvalue weighted by Gasteiger charge is 2.17. The van der Waals surface area contributed by atoms with Crippen molar-refractivity contribution >= 4 is 28.6 Å². The summed E-state index contributed by atoms with van der Waals surface area (Å²) in [7, 11) is 0. The van der Waals surface area contributed by atoms with Gasteiger partial charge in [0.25, 0.3) is 0 Å². The van der Waals surface area contributed by atoms with Gasteiger partial charge in [0.1, 0.15) is 0 Å². The van der Waals surface area contributed by atoms with Crippen LogP contribution in [-0.2, 0) is 6.54 Å². The smallest absolute Gasteiger partial charge is 0.231 e. The zero-order chi connectivity index (χ0) is 17.2. The van der Waals surface area contributed by atoms with Crippen molar-refractivity contribution in [2.75, 3.05) is 12.5 Å². The van der Waals surface area contributed by atoms with E-state index in [1.54, 1.807) is 18.2 Å². The fraction of sp³-hybridized carbons (Fsp3) is 0.158. The van der Waals surface area contributed by atoms with Gasteiger partial charge in [-0.05, 0) is 30.3 Å². The van der Waals surface area contributed by atoms with Crippen molar-refractivity contribution in [3.05, 3.63) is 60.7 Å². The number of allylic oxidation sites excluding steroid dienone is 1. The Kier molecular flexibility index (Phi) is 4.19. The van der Waals surface area contributed by atoms with Crippen molar-refractivity contribution in [2.45, 2.75) is 11.7 Å². The molecule has 0 saturated carbocycles. The lowest BCUT2D eigenvalue weighted by molar-refractivity contribution is 0.102. The molecule has 5 nitrogen and oxygen atoms in total. The Bertz CT molecular complexity index is 964. The van der Waals surface area contributed by atoms with Gasteiger partial charge < -0.3 is 14.0 Å². The van der Waals surface area contributed by atoms with E-state index in [-0.39, 0.29) is 12.6 Å². The molecule has 0 spiro atoms. The molecule has 0 fully saturated rings. The number of Topliss-reactive ketones (excluding diaryl/α,β-unsaturated/α-hetero) is 1. The Morgan fingerprint density at radius 3 is 2.96 bits per heavy atom. The van der Waals surface area contributed by atoms with E-state index < -0.39 is 0 Å². The molecule has 25 heavy (non-hydrogen) atoms. The molecule has 6 heteroatoms. The molecule has 0 aliphatic carbocycles. The number of benzene rings is 2. The van der Waals surface area contributed by atoms with Crippen LogP contribution in [0.5, 0.6) is 11.5 Å². The van der Waals surface area contributed by atoms with Gasteiger partial charge in [-0.3, -0.25) is 4.79 Å². The van der Waals surface area contributed by atoms with Gasteiger partial charge in [0.2, 0.25) is 6.79 Å². The second-order valence-electron chi connectivity index (χ2n) is 5.56. The molecule has 2 aromatic carbocycles. The maximum Gasteiger partial charge on any atom is 0.231 e. The van der Waals surface area contributed by atoms with E-state index in [4.69, 9.17) is 9.47 Å². The molecular weight excluding hydrogens is 336 g/mol. The number of aromatic nitrogens is 2. The second kappa shape index (κ2) is 6.64.